The van der Waals surface area contributed by atoms with Crippen LogP contribution in [0.1, 0.15) is 5.56 Å². The Bertz CT molecular complexity index is 334. The molecule has 0 heterocycles. The molecule has 0 spiro atoms. The van der Waals surface area contributed by atoms with Gasteiger partial charge in [0.25, 0.3) is 0 Å². The number of hydrogen-bond donors (Lipinski definition) is 0. The second kappa shape index (κ2) is 5.09. The molecule has 0 fully saturated rings. The molecule has 0 unspecified atom stereocenters. The molecule has 0 aliphatic heterocycles. The van der Waals surface area contributed by atoms with Crippen molar-refractivity contribution < 1.29 is 0 Å². The van der Waals surface area contributed by atoms with Crippen LogP contribution in [-0.2, 0) is 4.87 Å². The fourth-order valence-electron chi connectivity index (χ4n) is 1.10. The van der Waals surface area contributed by atoms with E-state index < -0.39 is 12.5 Å². The highest BCUT2D eigenvalue weighted by Gasteiger charge is 2.61. The Morgan fingerprint density at radius 3 is 1.44 bits per heavy atom. The molecular weight excluding hydrogens is 356 g/mol. The maximum Gasteiger partial charge on any atom is 0.217 e. The first-order valence-corrected chi connectivity index (χ1v) is 6.54. The summed E-state index contributed by atoms with van der Waals surface area (Å²) in [5.41, 5.74) is 0.382. The summed E-state index contributed by atoms with van der Waals surface area (Å²) < 4.78 is -3.97. The molecule has 0 saturated carbocycles. The van der Waals surface area contributed by atoms with Crippen LogP contribution in [0.5, 0.6) is 0 Å². The van der Waals surface area contributed by atoms with E-state index in [0.717, 1.165) is 0 Å². The van der Waals surface area contributed by atoms with Crippen LogP contribution in [0.15, 0.2) is 24.3 Å². The summed E-state index contributed by atoms with van der Waals surface area (Å²) in [7, 11) is 0. The Labute approximate surface area is 129 Å². The molecular formula is C9H4Cl7. The molecule has 1 radical (unpaired) electrons. The average molecular weight is 360 g/mol. The van der Waals surface area contributed by atoms with Gasteiger partial charge in [0.2, 0.25) is 7.59 Å². The van der Waals surface area contributed by atoms with Crippen LogP contribution in [-0.4, -0.2) is 7.59 Å². The second-order valence-electron chi connectivity index (χ2n) is 2.94. The zero-order valence-electron chi connectivity index (χ0n) is 7.46. The molecule has 1 rings (SSSR count). The van der Waals surface area contributed by atoms with Crippen molar-refractivity contribution in [2.24, 2.45) is 0 Å². The van der Waals surface area contributed by atoms with Crippen molar-refractivity contribution in [2.45, 2.75) is 12.5 Å². The van der Waals surface area contributed by atoms with Gasteiger partial charge in [0.05, 0.1) is 0 Å². The van der Waals surface area contributed by atoms with Gasteiger partial charge in [0, 0.05) is 0 Å². The Kier molecular flexibility index (Phi) is 4.87. The third kappa shape index (κ3) is 2.80. The normalized spacial score (nSPS) is 13.9. The first-order valence-electron chi connectivity index (χ1n) is 3.89. The first kappa shape index (κ1) is 15.3. The lowest BCUT2D eigenvalue weighted by Gasteiger charge is -2.39. The highest BCUT2D eigenvalue weighted by atomic mass is 35.6. The minimum absolute atomic E-state index is 0.382. The van der Waals surface area contributed by atoms with Crippen LogP contribution in [0.2, 0.25) is 0 Å². The number of benzene rings is 1. The topological polar surface area (TPSA) is 0 Å². The summed E-state index contributed by atoms with van der Waals surface area (Å²) in [6.07, 6.45) is 0. The Hall–Kier alpha value is 1.25. The standard InChI is InChI=1S/C9H4Cl7/c10-7(8(11,12)13,9(14,15)16)6-4-2-1-3-5-6/h2-5H. The second-order valence-corrected chi connectivity index (χ2v) is 8.07. The molecule has 1 aromatic carbocycles. The summed E-state index contributed by atoms with van der Waals surface area (Å²) in [5, 5.41) is 0. The fourth-order valence-corrected chi connectivity index (χ4v) is 3.17. The predicted octanol–water partition coefficient (Wildman–Crippen LogP) is 5.66. The van der Waals surface area contributed by atoms with Gasteiger partial charge in [-0.2, -0.15) is 0 Å². The van der Waals surface area contributed by atoms with E-state index in [4.69, 9.17) is 81.2 Å². The number of alkyl halides is 7. The summed E-state index contributed by atoms with van der Waals surface area (Å²) in [5.74, 6) is 0. The smallest absolute Gasteiger partial charge is 0.105 e. The average Bonchev–Trinajstić information content (AvgIpc) is 2.14. The van der Waals surface area contributed by atoms with Gasteiger partial charge in [0.1, 0.15) is 0 Å². The van der Waals surface area contributed by atoms with E-state index in [1.165, 1.54) is 0 Å². The summed E-state index contributed by atoms with van der Waals surface area (Å²) in [4.78, 5) is -1.79. The lowest BCUT2D eigenvalue weighted by Crippen LogP contribution is -2.45. The van der Waals surface area contributed by atoms with Crippen LogP contribution in [0.25, 0.3) is 0 Å². The van der Waals surface area contributed by atoms with Crippen molar-refractivity contribution in [2.75, 3.05) is 0 Å². The maximum absolute atomic E-state index is 6.21. The Morgan fingerprint density at radius 2 is 1.12 bits per heavy atom. The summed E-state index contributed by atoms with van der Waals surface area (Å²) in [6.45, 7) is 0. The lowest BCUT2D eigenvalue weighted by atomic mass is 10.0. The van der Waals surface area contributed by atoms with Crippen molar-refractivity contribution >= 4 is 81.2 Å². The molecule has 0 nitrogen and oxygen atoms in total. The largest absolute Gasteiger partial charge is 0.217 e. The van der Waals surface area contributed by atoms with Gasteiger partial charge in [0.15, 0.2) is 4.87 Å². The van der Waals surface area contributed by atoms with Crippen molar-refractivity contribution in [3.63, 3.8) is 0 Å². The van der Waals surface area contributed by atoms with Crippen molar-refractivity contribution in [3.05, 3.63) is 35.9 Å². The zero-order chi connectivity index (χ0) is 12.6. The van der Waals surface area contributed by atoms with Gasteiger partial charge in [-0.15, -0.1) is 11.6 Å². The molecule has 0 aliphatic carbocycles. The maximum atomic E-state index is 6.21. The highest BCUT2D eigenvalue weighted by molar-refractivity contribution is 6.77. The predicted molar refractivity (Wildman–Crippen MR) is 73.4 cm³/mol. The van der Waals surface area contributed by atoms with Crippen molar-refractivity contribution in [1.29, 1.82) is 0 Å². The molecule has 7 heteroatoms. The van der Waals surface area contributed by atoms with E-state index in [-0.39, 0.29) is 0 Å². The Morgan fingerprint density at radius 1 is 0.750 bits per heavy atom. The molecule has 1 aromatic rings. The third-order valence-electron chi connectivity index (χ3n) is 1.90. The molecule has 0 saturated heterocycles. The first-order chi connectivity index (χ1) is 7.11. The lowest BCUT2D eigenvalue weighted by molar-refractivity contribution is 0.638. The molecule has 89 valence electrons. The van der Waals surface area contributed by atoms with E-state index in [2.05, 4.69) is 6.07 Å². The van der Waals surface area contributed by atoms with Crippen LogP contribution < -0.4 is 0 Å². The van der Waals surface area contributed by atoms with Crippen LogP contribution in [0.4, 0.5) is 0 Å². The Balaban J connectivity index is 3.39. The quantitative estimate of drug-likeness (QED) is 0.567. The third-order valence-corrected chi connectivity index (χ3v) is 4.96. The van der Waals surface area contributed by atoms with E-state index in [1.807, 2.05) is 0 Å². The fraction of sp³-hybridized carbons (Fsp3) is 0.333. The van der Waals surface area contributed by atoms with Gasteiger partial charge >= 0.3 is 0 Å². The van der Waals surface area contributed by atoms with Gasteiger partial charge in [-0.3, -0.25) is 0 Å². The van der Waals surface area contributed by atoms with Crippen molar-refractivity contribution in [1.82, 2.24) is 0 Å². The molecule has 16 heavy (non-hydrogen) atoms. The van der Waals surface area contributed by atoms with E-state index in [0.29, 0.717) is 5.56 Å². The zero-order valence-corrected chi connectivity index (χ0v) is 12.7. The molecule has 0 atom stereocenters. The van der Waals surface area contributed by atoms with E-state index >= 15 is 0 Å². The minimum Gasteiger partial charge on any atom is -0.105 e. The summed E-state index contributed by atoms with van der Waals surface area (Å²) in [6, 6.07) is 9.09. The highest BCUT2D eigenvalue weighted by Crippen LogP contribution is 2.61. The minimum atomic E-state index is -1.98. The summed E-state index contributed by atoms with van der Waals surface area (Å²) >= 11 is 41.0. The van der Waals surface area contributed by atoms with Gasteiger partial charge < -0.3 is 0 Å². The van der Waals surface area contributed by atoms with E-state index in [1.54, 1.807) is 24.3 Å². The number of hydrogen-bond acceptors (Lipinski definition) is 0. The number of rotatable bonds is 1. The van der Waals surface area contributed by atoms with Crippen LogP contribution in [0, 0.1) is 6.07 Å². The monoisotopic (exact) mass is 357 g/mol. The molecule has 0 bridgehead atoms. The van der Waals surface area contributed by atoms with E-state index in [9.17, 15) is 0 Å². The number of halogens is 7. The molecule has 0 N–H and O–H groups in total. The van der Waals surface area contributed by atoms with Gasteiger partial charge in [-0.25, -0.2) is 0 Å². The van der Waals surface area contributed by atoms with Gasteiger partial charge in [-0.05, 0) is 11.6 Å². The van der Waals surface area contributed by atoms with Gasteiger partial charge in [-0.1, -0.05) is 93.9 Å². The molecule has 0 aliphatic rings. The van der Waals surface area contributed by atoms with Crippen LogP contribution >= 0.6 is 81.2 Å². The van der Waals surface area contributed by atoms with Crippen LogP contribution in [0.3, 0.4) is 0 Å². The molecule has 0 amide bonds. The SMILES string of the molecule is ClC(Cl)(Cl)C(Cl)(c1cc[c]cc1)C(Cl)(Cl)Cl. The van der Waals surface area contributed by atoms with Crippen molar-refractivity contribution in [3.8, 4) is 0 Å². The molecule has 0 aromatic heterocycles.